The fourth-order valence-corrected chi connectivity index (χ4v) is 6.08. The lowest BCUT2D eigenvalue weighted by atomic mass is 10.3. The average molecular weight is 387 g/mol. The number of hydrogen-bond acceptors (Lipinski definition) is 3. The number of fused-ring (bicyclic) bond motifs is 1. The minimum absolute atomic E-state index is 0.235. The van der Waals surface area contributed by atoms with Crippen LogP contribution in [-0.4, -0.2) is 0 Å². The highest BCUT2D eigenvalue weighted by Crippen LogP contribution is 2.48. The number of benzene rings is 3. The van der Waals surface area contributed by atoms with Crippen molar-refractivity contribution < 1.29 is 8.78 Å². The Morgan fingerprint density at radius 2 is 1.20 bits per heavy atom. The highest BCUT2D eigenvalue weighted by molar-refractivity contribution is 8.04. The number of thiophene rings is 1. The van der Waals surface area contributed by atoms with Gasteiger partial charge in [0.25, 0.3) is 0 Å². The van der Waals surface area contributed by atoms with Gasteiger partial charge in [-0.05, 0) is 54.6 Å². The number of halogens is 2. The highest BCUT2D eigenvalue weighted by Gasteiger charge is 2.15. The van der Waals surface area contributed by atoms with Crippen LogP contribution in [0, 0.1) is 11.6 Å². The van der Waals surface area contributed by atoms with Crippen molar-refractivity contribution in [1.29, 1.82) is 0 Å². The van der Waals surface area contributed by atoms with E-state index < -0.39 is 0 Å². The van der Waals surface area contributed by atoms with Crippen LogP contribution in [0.4, 0.5) is 8.78 Å². The molecule has 0 nitrogen and oxygen atoms in total. The summed E-state index contributed by atoms with van der Waals surface area (Å²) in [6.07, 6.45) is 0. The molecule has 4 rings (SSSR count). The van der Waals surface area contributed by atoms with Crippen LogP contribution in [0.2, 0.25) is 0 Å². The van der Waals surface area contributed by atoms with Crippen molar-refractivity contribution in [2.24, 2.45) is 0 Å². The summed E-state index contributed by atoms with van der Waals surface area (Å²) in [6, 6.07) is 21.3. The Hall–Kier alpha value is -1.82. The lowest BCUT2D eigenvalue weighted by Crippen LogP contribution is -1.78. The topological polar surface area (TPSA) is 0 Å². The zero-order chi connectivity index (χ0) is 17.2. The zero-order valence-corrected chi connectivity index (χ0v) is 15.4. The van der Waals surface area contributed by atoms with E-state index in [0.717, 1.165) is 18.9 Å². The van der Waals surface area contributed by atoms with Crippen molar-refractivity contribution in [2.45, 2.75) is 18.9 Å². The normalized spacial score (nSPS) is 11.1. The second-order valence-electron chi connectivity index (χ2n) is 5.33. The molecule has 0 aliphatic heterocycles. The van der Waals surface area contributed by atoms with Crippen LogP contribution in [-0.2, 0) is 0 Å². The minimum atomic E-state index is -0.236. The maximum Gasteiger partial charge on any atom is 0.123 e. The molecule has 0 spiro atoms. The molecule has 1 aromatic heterocycles. The molecule has 0 atom stereocenters. The zero-order valence-electron chi connectivity index (χ0n) is 12.9. The lowest BCUT2D eigenvalue weighted by Gasteiger charge is -2.05. The molecule has 0 saturated carbocycles. The Morgan fingerprint density at radius 3 is 1.84 bits per heavy atom. The van der Waals surface area contributed by atoms with Gasteiger partial charge in [0.1, 0.15) is 11.6 Å². The van der Waals surface area contributed by atoms with E-state index in [0.29, 0.717) is 0 Å². The summed E-state index contributed by atoms with van der Waals surface area (Å²) in [4.78, 5) is 3.14. The van der Waals surface area contributed by atoms with E-state index in [1.165, 1.54) is 34.4 Å². The molecule has 0 amide bonds. The van der Waals surface area contributed by atoms with E-state index in [2.05, 4.69) is 12.1 Å². The first kappa shape index (κ1) is 16.6. The Balaban J connectivity index is 1.74. The SMILES string of the molecule is Fc1ccc(Sc2sc3ccccc3c2Sc2ccc(F)cc2)cc1. The fraction of sp³-hybridized carbons (Fsp3) is 0. The quantitative estimate of drug-likeness (QED) is 0.356. The Bertz CT molecular complexity index is 1010. The van der Waals surface area contributed by atoms with Crippen molar-refractivity contribution in [2.75, 3.05) is 0 Å². The van der Waals surface area contributed by atoms with Crippen LogP contribution in [0.15, 0.2) is 91.7 Å². The maximum absolute atomic E-state index is 13.2. The highest BCUT2D eigenvalue weighted by atomic mass is 32.2. The molecule has 25 heavy (non-hydrogen) atoms. The second-order valence-corrected chi connectivity index (χ2v) is 8.80. The van der Waals surface area contributed by atoms with Crippen LogP contribution in [0.3, 0.4) is 0 Å². The van der Waals surface area contributed by atoms with Gasteiger partial charge < -0.3 is 0 Å². The van der Waals surface area contributed by atoms with Crippen LogP contribution in [0.25, 0.3) is 10.1 Å². The van der Waals surface area contributed by atoms with Crippen LogP contribution >= 0.6 is 34.9 Å². The standard InChI is InChI=1S/C20H12F2S3/c21-13-5-9-15(10-6-13)23-19-17-3-1-2-4-18(17)25-20(19)24-16-11-7-14(22)8-12-16/h1-12H. The minimum Gasteiger partial charge on any atom is -0.207 e. The lowest BCUT2D eigenvalue weighted by molar-refractivity contribution is 0.626. The van der Waals surface area contributed by atoms with Crippen molar-refractivity contribution >= 4 is 44.9 Å². The predicted molar refractivity (Wildman–Crippen MR) is 103 cm³/mol. The van der Waals surface area contributed by atoms with Gasteiger partial charge in [0.15, 0.2) is 0 Å². The summed E-state index contributed by atoms with van der Waals surface area (Å²) in [5.41, 5.74) is 0. The van der Waals surface area contributed by atoms with E-state index in [4.69, 9.17) is 0 Å². The summed E-state index contributed by atoms with van der Waals surface area (Å²) >= 11 is 4.98. The Labute approximate surface area is 156 Å². The van der Waals surface area contributed by atoms with Crippen molar-refractivity contribution in [1.82, 2.24) is 0 Å². The molecule has 5 heteroatoms. The molecule has 0 fully saturated rings. The largest absolute Gasteiger partial charge is 0.207 e. The molecule has 3 aromatic carbocycles. The summed E-state index contributed by atoms with van der Waals surface area (Å²) in [7, 11) is 0. The third-order valence-electron chi connectivity index (χ3n) is 3.58. The summed E-state index contributed by atoms with van der Waals surface area (Å²) in [5.74, 6) is -0.470. The molecule has 0 aliphatic rings. The first-order chi connectivity index (χ1) is 12.2. The van der Waals surface area contributed by atoms with Crippen LogP contribution in [0.5, 0.6) is 0 Å². The molecular formula is C20H12F2S3. The van der Waals surface area contributed by atoms with E-state index >= 15 is 0 Å². The fourth-order valence-electron chi connectivity index (χ4n) is 2.39. The number of rotatable bonds is 4. The predicted octanol–water partition coefficient (Wildman–Crippen LogP) is 7.48. The van der Waals surface area contributed by atoms with Gasteiger partial charge in [0, 0.05) is 24.8 Å². The van der Waals surface area contributed by atoms with Gasteiger partial charge >= 0.3 is 0 Å². The molecule has 0 aliphatic carbocycles. The molecule has 0 unspecified atom stereocenters. The molecular weight excluding hydrogens is 374 g/mol. The van der Waals surface area contributed by atoms with Gasteiger partial charge in [-0.2, -0.15) is 0 Å². The average Bonchev–Trinajstić information content (AvgIpc) is 2.96. The molecule has 124 valence electrons. The summed E-state index contributed by atoms with van der Waals surface area (Å²) in [5, 5.41) is 1.19. The smallest absolute Gasteiger partial charge is 0.123 e. The molecule has 1 heterocycles. The third-order valence-corrected chi connectivity index (χ3v) is 7.33. The van der Waals surface area contributed by atoms with E-state index in [9.17, 15) is 8.78 Å². The van der Waals surface area contributed by atoms with Gasteiger partial charge in [-0.25, -0.2) is 8.78 Å². The van der Waals surface area contributed by atoms with Crippen LogP contribution < -0.4 is 0 Å². The van der Waals surface area contributed by atoms with Crippen molar-refractivity contribution in [3.05, 3.63) is 84.4 Å². The summed E-state index contributed by atoms with van der Waals surface area (Å²) < 4.78 is 28.7. The van der Waals surface area contributed by atoms with E-state index in [1.807, 2.05) is 12.1 Å². The van der Waals surface area contributed by atoms with Gasteiger partial charge in [0.2, 0.25) is 0 Å². The Morgan fingerprint density at radius 1 is 0.640 bits per heavy atom. The van der Waals surface area contributed by atoms with Crippen molar-refractivity contribution in [3.63, 3.8) is 0 Å². The molecule has 0 saturated heterocycles. The third kappa shape index (κ3) is 3.73. The second kappa shape index (κ2) is 7.20. The summed E-state index contributed by atoms with van der Waals surface area (Å²) in [6.45, 7) is 0. The molecule has 0 bridgehead atoms. The first-order valence-corrected chi connectivity index (χ1v) is 10.0. The monoisotopic (exact) mass is 386 g/mol. The van der Waals surface area contributed by atoms with Gasteiger partial charge in [-0.1, -0.05) is 41.7 Å². The van der Waals surface area contributed by atoms with Crippen LogP contribution in [0.1, 0.15) is 0 Å². The maximum atomic E-state index is 13.2. The van der Waals surface area contributed by atoms with E-state index in [-0.39, 0.29) is 11.6 Å². The number of hydrogen-bond donors (Lipinski definition) is 0. The van der Waals surface area contributed by atoms with Crippen molar-refractivity contribution in [3.8, 4) is 0 Å². The first-order valence-electron chi connectivity index (χ1n) is 7.57. The Kier molecular flexibility index (Phi) is 4.79. The van der Waals surface area contributed by atoms with Gasteiger partial charge in [-0.3, -0.25) is 0 Å². The van der Waals surface area contributed by atoms with E-state index in [1.54, 1.807) is 59.1 Å². The molecule has 0 radical (unpaired) electrons. The van der Waals surface area contributed by atoms with Gasteiger partial charge in [0.05, 0.1) is 4.21 Å². The molecule has 0 N–H and O–H groups in total. The van der Waals surface area contributed by atoms with Gasteiger partial charge in [-0.15, -0.1) is 11.3 Å². The molecule has 4 aromatic rings.